The number of nitrogens with zero attached hydrogens (tertiary/aromatic N) is 2. The van der Waals surface area contributed by atoms with Crippen molar-refractivity contribution in [2.45, 2.75) is 89.1 Å². The standard InChI is InChI=1S/C36H38F7N3O4/c1-20-11-24(37)13-22-7-5-3-2-4-6-8-30(46-17-21(12-28(39)35(46)50)9-10-45-18-25(38)19-45)34(49)44-29(16-31(47)48)26-14-23(32(20)22)15-27(33(26)40)36(41,42)43/h11-15,17,25,29-30H,2-10,16,18-19H2,1H3,(H,44,49)(H,47,48)/t29-,30-/m0/s1. The van der Waals surface area contributed by atoms with Crippen LogP contribution in [-0.2, 0) is 28.6 Å². The van der Waals surface area contributed by atoms with E-state index in [1.165, 1.54) is 19.2 Å². The van der Waals surface area contributed by atoms with Crippen molar-refractivity contribution in [3.05, 3.63) is 92.2 Å². The number of alkyl halides is 4. The number of aryl methyl sites for hydroxylation is 2. The number of likely N-dealkylation sites (tertiary alicyclic amines) is 1. The summed E-state index contributed by atoms with van der Waals surface area (Å²) < 4.78 is 103. The zero-order valence-corrected chi connectivity index (χ0v) is 27.4. The first-order valence-electron chi connectivity index (χ1n) is 16.6. The molecular formula is C36H38F7N3O4. The van der Waals surface area contributed by atoms with Gasteiger partial charge in [-0.25, -0.2) is 17.6 Å². The van der Waals surface area contributed by atoms with E-state index in [0.717, 1.165) is 22.8 Å². The molecule has 2 aliphatic heterocycles. The number of carboxylic acid groups (broad SMARTS) is 1. The fourth-order valence-corrected chi connectivity index (χ4v) is 6.90. The molecule has 270 valence electrons. The Morgan fingerprint density at radius 2 is 1.68 bits per heavy atom. The number of pyridine rings is 1. The molecule has 1 fully saturated rings. The fraction of sp³-hybridized carbons (Fsp3) is 0.472. The molecule has 14 heteroatoms. The summed E-state index contributed by atoms with van der Waals surface area (Å²) in [4.78, 5) is 40.9. The van der Waals surface area contributed by atoms with Crippen LogP contribution in [-0.4, -0.2) is 52.3 Å². The number of rotatable bonds is 6. The molecule has 2 aromatic carbocycles. The number of halogens is 7. The Morgan fingerprint density at radius 3 is 2.36 bits per heavy atom. The molecule has 0 radical (unpaired) electrons. The van der Waals surface area contributed by atoms with Crippen molar-refractivity contribution < 1.29 is 45.4 Å². The number of aromatic nitrogens is 1. The number of benzene rings is 2. The molecule has 7 nitrogen and oxygen atoms in total. The van der Waals surface area contributed by atoms with Crippen molar-refractivity contribution in [3.8, 4) is 11.1 Å². The summed E-state index contributed by atoms with van der Waals surface area (Å²) in [7, 11) is 0. The Balaban J connectivity index is 1.62. The van der Waals surface area contributed by atoms with E-state index in [2.05, 4.69) is 5.32 Å². The molecule has 2 aliphatic rings. The van der Waals surface area contributed by atoms with E-state index in [4.69, 9.17) is 0 Å². The highest BCUT2D eigenvalue weighted by atomic mass is 19.4. The van der Waals surface area contributed by atoms with Crippen molar-refractivity contribution in [1.82, 2.24) is 14.8 Å². The fourth-order valence-electron chi connectivity index (χ4n) is 6.90. The molecular weight excluding hydrogens is 671 g/mol. The third-order valence-corrected chi connectivity index (χ3v) is 9.39. The van der Waals surface area contributed by atoms with Crippen LogP contribution in [0.2, 0.25) is 0 Å². The number of nitrogens with one attached hydrogen (secondary N) is 1. The van der Waals surface area contributed by atoms with Gasteiger partial charge in [0, 0.05) is 31.4 Å². The summed E-state index contributed by atoms with van der Waals surface area (Å²) in [6, 6.07) is 1.75. The van der Waals surface area contributed by atoms with E-state index < -0.39 is 76.9 Å². The summed E-state index contributed by atoms with van der Waals surface area (Å²) in [6.45, 7) is 2.30. The molecule has 50 heavy (non-hydrogen) atoms. The summed E-state index contributed by atoms with van der Waals surface area (Å²) in [5.41, 5.74) is -2.48. The first-order valence-corrected chi connectivity index (χ1v) is 16.6. The van der Waals surface area contributed by atoms with Gasteiger partial charge in [-0.3, -0.25) is 19.3 Å². The SMILES string of the molecule is Cc1cc(F)cc2c1-c1cc(c(F)c(C(F)(F)F)c1)[C@H](CC(=O)O)NC(=O)[C@@H](n1cc(CCN3CC(F)C3)cc(F)c1=O)CCCCCCC2. The molecule has 2 atom stereocenters. The zero-order valence-electron chi connectivity index (χ0n) is 27.4. The Hall–Kier alpha value is -4.20. The lowest BCUT2D eigenvalue weighted by molar-refractivity contribution is -0.140. The van der Waals surface area contributed by atoms with E-state index >= 15 is 8.78 Å². The number of carbonyl (C=O) groups is 2. The Labute approximate surface area is 284 Å². The lowest BCUT2D eigenvalue weighted by Crippen LogP contribution is -2.49. The third-order valence-electron chi connectivity index (χ3n) is 9.39. The smallest absolute Gasteiger partial charge is 0.419 e. The van der Waals surface area contributed by atoms with Gasteiger partial charge in [-0.1, -0.05) is 25.7 Å². The average Bonchev–Trinajstić information content (AvgIpc) is 3.00. The predicted molar refractivity (Wildman–Crippen MR) is 171 cm³/mol. The van der Waals surface area contributed by atoms with Crippen LogP contribution >= 0.6 is 0 Å². The minimum atomic E-state index is -5.23. The molecule has 3 aromatic rings. The molecule has 1 amide bonds. The second-order valence-corrected chi connectivity index (χ2v) is 13.2. The largest absolute Gasteiger partial charge is 0.481 e. The highest BCUT2D eigenvalue weighted by Gasteiger charge is 2.38. The van der Waals surface area contributed by atoms with Crippen LogP contribution in [0, 0.1) is 24.4 Å². The van der Waals surface area contributed by atoms with E-state index in [-0.39, 0.29) is 42.6 Å². The minimum absolute atomic E-state index is 0.0202. The summed E-state index contributed by atoms with van der Waals surface area (Å²) in [5.74, 6) is -6.12. The molecule has 1 aromatic heterocycles. The lowest BCUT2D eigenvalue weighted by Gasteiger charge is -2.34. The maximum atomic E-state index is 15.9. The highest BCUT2D eigenvalue weighted by Crippen LogP contribution is 2.40. The van der Waals surface area contributed by atoms with Gasteiger partial charge >= 0.3 is 12.1 Å². The van der Waals surface area contributed by atoms with Gasteiger partial charge in [-0.15, -0.1) is 0 Å². The van der Waals surface area contributed by atoms with Gasteiger partial charge in [0.25, 0.3) is 5.56 Å². The molecule has 2 bridgehead atoms. The zero-order chi connectivity index (χ0) is 36.3. The second-order valence-electron chi connectivity index (χ2n) is 13.2. The number of aliphatic carboxylic acids is 1. The van der Waals surface area contributed by atoms with Crippen molar-refractivity contribution in [2.75, 3.05) is 19.6 Å². The quantitative estimate of drug-likeness (QED) is 0.264. The molecule has 3 heterocycles. The number of fused-ring (bicyclic) bond motifs is 4. The molecule has 1 saturated heterocycles. The molecule has 2 N–H and O–H groups in total. The Bertz CT molecular complexity index is 1800. The van der Waals surface area contributed by atoms with Gasteiger partial charge in [0.05, 0.1) is 18.0 Å². The number of hydrogen-bond donors (Lipinski definition) is 2. The van der Waals surface area contributed by atoms with Crippen LogP contribution in [0.5, 0.6) is 0 Å². The highest BCUT2D eigenvalue weighted by molar-refractivity contribution is 5.82. The monoisotopic (exact) mass is 709 g/mol. The first-order chi connectivity index (χ1) is 23.6. The van der Waals surface area contributed by atoms with Crippen molar-refractivity contribution in [1.29, 1.82) is 0 Å². The van der Waals surface area contributed by atoms with Gasteiger partial charge in [0.1, 0.15) is 23.8 Å². The maximum absolute atomic E-state index is 15.9. The second kappa shape index (κ2) is 15.4. The number of amides is 1. The van der Waals surface area contributed by atoms with E-state index in [9.17, 15) is 41.4 Å². The van der Waals surface area contributed by atoms with E-state index in [0.29, 0.717) is 62.3 Å². The van der Waals surface area contributed by atoms with Gasteiger partial charge < -0.3 is 15.0 Å². The number of carboxylic acids is 1. The molecule has 0 unspecified atom stereocenters. The van der Waals surface area contributed by atoms with Crippen LogP contribution in [0.4, 0.5) is 30.7 Å². The Kier molecular flexibility index (Phi) is 11.4. The van der Waals surface area contributed by atoms with Crippen LogP contribution in [0.25, 0.3) is 11.1 Å². The van der Waals surface area contributed by atoms with Gasteiger partial charge in [-0.2, -0.15) is 13.2 Å². The van der Waals surface area contributed by atoms with Crippen LogP contribution in [0.1, 0.15) is 84.8 Å². The lowest BCUT2D eigenvalue weighted by atomic mass is 9.87. The number of carbonyl (C=O) groups excluding carboxylic acids is 1. The summed E-state index contributed by atoms with van der Waals surface area (Å²) in [6.07, 6.45) is -2.63. The molecule has 0 spiro atoms. The third kappa shape index (κ3) is 8.56. The minimum Gasteiger partial charge on any atom is -0.481 e. The topological polar surface area (TPSA) is 91.6 Å². The molecule has 0 aliphatic carbocycles. The van der Waals surface area contributed by atoms with E-state index in [1.807, 2.05) is 0 Å². The number of hydrogen-bond acceptors (Lipinski definition) is 4. The molecule has 5 rings (SSSR count). The van der Waals surface area contributed by atoms with Crippen LogP contribution in [0.3, 0.4) is 0 Å². The first kappa shape index (κ1) is 37.1. The normalized spacial score (nSPS) is 19.8. The molecule has 0 saturated carbocycles. The summed E-state index contributed by atoms with van der Waals surface area (Å²) in [5, 5.41) is 12.1. The van der Waals surface area contributed by atoms with Crippen molar-refractivity contribution in [2.24, 2.45) is 0 Å². The van der Waals surface area contributed by atoms with E-state index in [1.54, 1.807) is 4.90 Å². The van der Waals surface area contributed by atoms with Crippen LogP contribution < -0.4 is 10.9 Å². The van der Waals surface area contributed by atoms with Gasteiger partial charge in [-0.05, 0) is 90.8 Å². The van der Waals surface area contributed by atoms with Crippen molar-refractivity contribution >= 4 is 11.9 Å². The Morgan fingerprint density at radius 1 is 0.980 bits per heavy atom. The van der Waals surface area contributed by atoms with Crippen molar-refractivity contribution in [3.63, 3.8) is 0 Å². The van der Waals surface area contributed by atoms with Crippen LogP contribution in [0.15, 0.2) is 41.3 Å². The maximum Gasteiger partial charge on any atom is 0.419 e. The van der Waals surface area contributed by atoms with Gasteiger partial charge in [0.15, 0.2) is 5.82 Å². The van der Waals surface area contributed by atoms with Gasteiger partial charge in [0.2, 0.25) is 5.91 Å². The predicted octanol–water partition coefficient (Wildman–Crippen LogP) is 7.23. The summed E-state index contributed by atoms with van der Waals surface area (Å²) >= 11 is 0. The average molecular weight is 710 g/mol.